The monoisotopic (exact) mass is 344 g/mol. The van der Waals surface area contributed by atoms with Crippen LogP contribution in [0, 0.1) is 11.3 Å². The number of nitrogens with zero attached hydrogens (tertiary/aromatic N) is 4. The summed E-state index contributed by atoms with van der Waals surface area (Å²) in [6.07, 6.45) is 9.34. The van der Waals surface area contributed by atoms with Gasteiger partial charge in [-0.1, -0.05) is 6.42 Å². The summed E-state index contributed by atoms with van der Waals surface area (Å²) in [6, 6.07) is 0.886. The summed E-state index contributed by atoms with van der Waals surface area (Å²) in [5.74, 6) is 2.73. The first-order chi connectivity index (χ1) is 12.3. The molecular weight excluding hydrogens is 316 g/mol. The van der Waals surface area contributed by atoms with E-state index in [1.807, 2.05) is 4.68 Å². The number of ether oxygens (including phenoxy) is 1. The van der Waals surface area contributed by atoms with E-state index in [1.165, 1.54) is 25.7 Å². The Balaban J connectivity index is 1.27. The average molecular weight is 344 g/mol. The Kier molecular flexibility index (Phi) is 3.73. The molecule has 5 rings (SSSR count). The largest absolute Gasteiger partial charge is 0.377 e. The van der Waals surface area contributed by atoms with E-state index in [0.29, 0.717) is 29.5 Å². The van der Waals surface area contributed by atoms with Crippen LogP contribution in [-0.2, 0) is 17.7 Å². The van der Waals surface area contributed by atoms with Crippen molar-refractivity contribution in [2.45, 2.75) is 70.2 Å². The zero-order valence-electron chi connectivity index (χ0n) is 14.9. The third kappa shape index (κ3) is 2.39. The second-order valence-electron chi connectivity index (χ2n) is 8.01. The van der Waals surface area contributed by atoms with Crippen LogP contribution in [-0.4, -0.2) is 52.1 Å². The highest BCUT2D eigenvalue weighted by atomic mass is 16.5. The van der Waals surface area contributed by atoms with Gasteiger partial charge in [-0.25, -0.2) is 9.67 Å². The lowest BCUT2D eigenvalue weighted by Gasteiger charge is -2.63. The molecule has 2 aliphatic heterocycles. The van der Waals surface area contributed by atoms with Gasteiger partial charge < -0.3 is 15.4 Å². The molecule has 7 nitrogen and oxygen atoms in total. The fourth-order valence-electron chi connectivity index (χ4n) is 5.44. The molecule has 4 unspecified atom stereocenters. The summed E-state index contributed by atoms with van der Waals surface area (Å²) in [5, 5.41) is 11.8. The van der Waals surface area contributed by atoms with E-state index in [-0.39, 0.29) is 0 Å². The van der Waals surface area contributed by atoms with Gasteiger partial charge in [-0.15, -0.1) is 0 Å². The van der Waals surface area contributed by atoms with Crippen molar-refractivity contribution in [3.8, 4) is 0 Å². The summed E-state index contributed by atoms with van der Waals surface area (Å²) < 4.78 is 8.06. The molecule has 3 heterocycles. The van der Waals surface area contributed by atoms with E-state index < -0.39 is 0 Å². The molecule has 1 aromatic rings. The first-order valence-electron chi connectivity index (χ1n) is 9.86. The maximum absolute atomic E-state index is 6.04. The minimum Gasteiger partial charge on any atom is -0.377 e. The maximum atomic E-state index is 6.04. The van der Waals surface area contributed by atoms with Crippen LogP contribution in [0.25, 0.3) is 0 Å². The van der Waals surface area contributed by atoms with E-state index in [2.05, 4.69) is 27.6 Å². The van der Waals surface area contributed by atoms with Gasteiger partial charge in [0, 0.05) is 43.0 Å². The molecule has 0 bridgehead atoms. The molecule has 2 N–H and O–H groups in total. The van der Waals surface area contributed by atoms with Crippen molar-refractivity contribution in [3.63, 3.8) is 0 Å². The second-order valence-corrected chi connectivity index (χ2v) is 8.01. The molecule has 2 saturated carbocycles. The zero-order chi connectivity index (χ0) is 16.9. The van der Waals surface area contributed by atoms with Crippen molar-refractivity contribution in [2.24, 2.45) is 16.3 Å². The Morgan fingerprint density at radius 1 is 1.40 bits per heavy atom. The average Bonchev–Trinajstić information content (AvgIpc) is 3.18. The maximum Gasteiger partial charge on any atom is 0.191 e. The number of hydrogen-bond donors (Lipinski definition) is 2. The van der Waals surface area contributed by atoms with Crippen LogP contribution < -0.4 is 10.6 Å². The molecule has 0 aromatic carbocycles. The first kappa shape index (κ1) is 15.6. The molecule has 4 aliphatic rings. The van der Waals surface area contributed by atoms with Crippen LogP contribution in [0.15, 0.2) is 11.3 Å². The van der Waals surface area contributed by atoms with Crippen molar-refractivity contribution in [3.05, 3.63) is 12.2 Å². The van der Waals surface area contributed by atoms with Gasteiger partial charge in [0.2, 0.25) is 0 Å². The van der Waals surface area contributed by atoms with Crippen LogP contribution in [0.2, 0.25) is 0 Å². The van der Waals surface area contributed by atoms with E-state index in [1.54, 1.807) is 6.33 Å². The molecule has 0 radical (unpaired) electrons. The van der Waals surface area contributed by atoms with Crippen molar-refractivity contribution in [2.75, 3.05) is 13.2 Å². The van der Waals surface area contributed by atoms with Gasteiger partial charge in [-0.2, -0.15) is 5.10 Å². The lowest BCUT2D eigenvalue weighted by molar-refractivity contribution is -0.171. The standard InChI is InChI=1S/C18H28N6O/c1-2-19-17(22-12-4-5-14-20-11-21-24(14)10-12)23-15-13-6-9-25-16(13)18(15)7-3-8-18/h11-13,15-16H,2-10H2,1H3,(H2,19,22,23). The molecular formula is C18H28N6O. The quantitative estimate of drug-likeness (QED) is 0.634. The fraction of sp³-hybridized carbons (Fsp3) is 0.833. The number of fused-ring (bicyclic) bond motifs is 3. The zero-order valence-corrected chi connectivity index (χ0v) is 14.9. The van der Waals surface area contributed by atoms with E-state index >= 15 is 0 Å². The molecule has 2 aliphatic carbocycles. The summed E-state index contributed by atoms with van der Waals surface area (Å²) in [7, 11) is 0. The second kappa shape index (κ2) is 5.97. The number of aliphatic imine (C=N–C) groups is 1. The number of aryl methyl sites for hydroxylation is 1. The molecule has 1 spiro atoms. The van der Waals surface area contributed by atoms with Crippen LogP contribution in [0.4, 0.5) is 0 Å². The Hall–Kier alpha value is -1.63. The normalized spacial score (nSPS) is 35.5. The van der Waals surface area contributed by atoms with Crippen molar-refractivity contribution in [1.29, 1.82) is 0 Å². The topological polar surface area (TPSA) is 76.4 Å². The summed E-state index contributed by atoms with van der Waals surface area (Å²) in [6.45, 7) is 4.69. The van der Waals surface area contributed by atoms with Crippen LogP contribution in [0.3, 0.4) is 0 Å². The molecule has 1 saturated heterocycles. The summed E-state index contributed by atoms with van der Waals surface area (Å²) in [4.78, 5) is 9.05. The molecule has 3 fully saturated rings. The SMILES string of the molecule is CCN=C(NC1CCc2ncnn2C1)NC1C2CCOC2C12CCC2. The van der Waals surface area contributed by atoms with Crippen LogP contribution >= 0.6 is 0 Å². The highest BCUT2D eigenvalue weighted by Crippen LogP contribution is 2.62. The number of rotatable bonds is 3. The van der Waals surface area contributed by atoms with Crippen molar-refractivity contribution >= 4 is 5.96 Å². The first-order valence-corrected chi connectivity index (χ1v) is 9.86. The molecule has 4 atom stereocenters. The predicted molar refractivity (Wildman–Crippen MR) is 94.3 cm³/mol. The lowest BCUT2D eigenvalue weighted by Crippen LogP contribution is -2.72. The van der Waals surface area contributed by atoms with Crippen LogP contribution in [0.1, 0.15) is 44.9 Å². The third-order valence-electron chi connectivity index (χ3n) is 6.79. The molecule has 1 aromatic heterocycles. The van der Waals surface area contributed by atoms with Gasteiger partial charge in [-0.3, -0.25) is 4.99 Å². The highest BCUT2D eigenvalue weighted by Gasteiger charge is 2.66. The molecule has 136 valence electrons. The van der Waals surface area contributed by atoms with E-state index in [0.717, 1.165) is 44.3 Å². The number of hydrogen-bond acceptors (Lipinski definition) is 4. The van der Waals surface area contributed by atoms with Crippen molar-refractivity contribution in [1.82, 2.24) is 25.4 Å². The Morgan fingerprint density at radius 3 is 3.12 bits per heavy atom. The predicted octanol–water partition coefficient (Wildman–Crippen LogP) is 1.11. The van der Waals surface area contributed by atoms with Gasteiger partial charge in [0.05, 0.1) is 12.6 Å². The van der Waals surface area contributed by atoms with Gasteiger partial charge in [-0.05, 0) is 32.6 Å². The Labute approximate surface area is 148 Å². The number of guanidine groups is 1. The molecule has 0 amide bonds. The third-order valence-corrected chi connectivity index (χ3v) is 6.79. The Morgan fingerprint density at radius 2 is 2.32 bits per heavy atom. The summed E-state index contributed by atoms with van der Waals surface area (Å²) in [5.41, 5.74) is 0.378. The summed E-state index contributed by atoms with van der Waals surface area (Å²) >= 11 is 0. The van der Waals surface area contributed by atoms with E-state index in [4.69, 9.17) is 9.73 Å². The van der Waals surface area contributed by atoms with Crippen LogP contribution in [0.5, 0.6) is 0 Å². The van der Waals surface area contributed by atoms with Gasteiger partial charge >= 0.3 is 0 Å². The molecule has 7 heteroatoms. The van der Waals surface area contributed by atoms with Crippen molar-refractivity contribution < 1.29 is 4.74 Å². The van der Waals surface area contributed by atoms with Gasteiger partial charge in [0.15, 0.2) is 5.96 Å². The lowest BCUT2D eigenvalue weighted by atomic mass is 9.46. The van der Waals surface area contributed by atoms with E-state index in [9.17, 15) is 0 Å². The fourth-order valence-corrected chi connectivity index (χ4v) is 5.44. The van der Waals surface area contributed by atoms with Gasteiger partial charge in [0.1, 0.15) is 12.2 Å². The minimum atomic E-state index is 0.361. The van der Waals surface area contributed by atoms with Gasteiger partial charge in [0.25, 0.3) is 0 Å². The minimum absolute atomic E-state index is 0.361. The number of nitrogens with one attached hydrogen (secondary N) is 2. The highest BCUT2D eigenvalue weighted by molar-refractivity contribution is 5.80. The smallest absolute Gasteiger partial charge is 0.191 e. The number of aromatic nitrogens is 3. The molecule has 25 heavy (non-hydrogen) atoms. The Bertz CT molecular complexity index is 666.